The molecule has 0 unspecified atom stereocenters. The number of methoxy groups -OCH3 is 1. The van der Waals surface area contributed by atoms with Gasteiger partial charge in [0.25, 0.3) is 0 Å². The van der Waals surface area contributed by atoms with Crippen LogP contribution in [0.3, 0.4) is 0 Å². The van der Waals surface area contributed by atoms with Crippen molar-refractivity contribution in [3.8, 4) is 5.75 Å². The number of hydrogen-bond donors (Lipinski definition) is 0. The van der Waals surface area contributed by atoms with E-state index < -0.39 is 4.83 Å². The quantitative estimate of drug-likeness (QED) is 0.718. The molecule has 0 aliphatic carbocycles. The van der Waals surface area contributed by atoms with Gasteiger partial charge >= 0.3 is 4.83 Å². The normalized spacial score (nSPS) is 11.3. The highest BCUT2D eigenvalue weighted by atomic mass is 79.9. The monoisotopic (exact) mass is 236 g/mol. The fourth-order valence-corrected chi connectivity index (χ4v) is 1.04. The van der Waals surface area contributed by atoms with Crippen LogP contribution < -0.4 is 4.74 Å². The van der Waals surface area contributed by atoms with Crippen molar-refractivity contribution in [2.24, 2.45) is 0 Å². The molecular weight excluding hydrogens is 230 g/mol. The molecule has 4 heteroatoms. The zero-order chi connectivity index (χ0) is 9.19. The Hall–Kier alpha value is -0.640. The summed E-state index contributed by atoms with van der Waals surface area (Å²) in [4.78, 5) is -2.96. The lowest BCUT2D eigenvalue weighted by Gasteiger charge is -2.08. The van der Waals surface area contributed by atoms with Crippen molar-refractivity contribution >= 4 is 15.9 Å². The van der Waals surface area contributed by atoms with Gasteiger partial charge in [0.15, 0.2) is 0 Å². The lowest BCUT2D eigenvalue weighted by Crippen LogP contribution is -2.01. The molecule has 0 aromatic heterocycles. The van der Waals surface area contributed by atoms with E-state index in [0.717, 1.165) is 0 Å². The first-order valence-corrected chi connectivity index (χ1v) is 4.04. The second-order valence-electron chi connectivity index (χ2n) is 2.23. The van der Waals surface area contributed by atoms with E-state index in [-0.39, 0.29) is 5.56 Å². The Morgan fingerprint density at radius 3 is 2.08 bits per heavy atom. The standard InChI is InChI=1S/C8H7BrF2O/c1-12-7-4-2-6(3-5-7)8(9,10)11/h2-5H,1H3. The van der Waals surface area contributed by atoms with Crippen LogP contribution in [0.25, 0.3) is 0 Å². The zero-order valence-electron chi connectivity index (χ0n) is 6.35. The number of halogens is 3. The van der Waals surface area contributed by atoms with E-state index in [2.05, 4.69) is 15.9 Å². The summed E-state index contributed by atoms with van der Waals surface area (Å²) in [5.74, 6) is 0.565. The number of alkyl halides is 3. The van der Waals surface area contributed by atoms with Crippen molar-refractivity contribution in [2.45, 2.75) is 4.83 Å². The number of ether oxygens (including phenoxy) is 1. The van der Waals surface area contributed by atoms with Gasteiger partial charge in [-0.3, -0.25) is 0 Å². The Balaban J connectivity index is 2.93. The molecule has 0 saturated heterocycles. The molecule has 0 spiro atoms. The van der Waals surface area contributed by atoms with E-state index in [9.17, 15) is 8.78 Å². The molecule has 0 radical (unpaired) electrons. The van der Waals surface area contributed by atoms with Gasteiger partial charge in [-0.25, -0.2) is 0 Å². The topological polar surface area (TPSA) is 9.23 Å². The third-order valence-corrected chi connectivity index (χ3v) is 1.88. The summed E-state index contributed by atoms with van der Waals surface area (Å²) in [6.45, 7) is 0. The van der Waals surface area contributed by atoms with E-state index in [4.69, 9.17) is 4.74 Å². The third kappa shape index (κ3) is 2.17. The highest BCUT2D eigenvalue weighted by molar-refractivity contribution is 9.09. The lowest BCUT2D eigenvalue weighted by molar-refractivity contribution is 0.114. The maximum atomic E-state index is 12.6. The number of rotatable bonds is 2. The molecule has 1 nitrogen and oxygen atoms in total. The second kappa shape index (κ2) is 3.39. The van der Waals surface area contributed by atoms with Crippen molar-refractivity contribution in [3.63, 3.8) is 0 Å². The van der Waals surface area contributed by atoms with Gasteiger partial charge in [0.05, 0.1) is 7.11 Å². The Morgan fingerprint density at radius 1 is 1.25 bits per heavy atom. The smallest absolute Gasteiger partial charge is 0.326 e. The maximum absolute atomic E-state index is 12.6. The van der Waals surface area contributed by atoms with Crippen LogP contribution in [-0.4, -0.2) is 7.11 Å². The summed E-state index contributed by atoms with van der Waals surface area (Å²) < 4.78 is 30.0. The van der Waals surface area contributed by atoms with Crippen LogP contribution in [0.5, 0.6) is 5.75 Å². The van der Waals surface area contributed by atoms with Crippen molar-refractivity contribution in [3.05, 3.63) is 29.8 Å². The second-order valence-corrected chi connectivity index (χ2v) is 3.22. The highest BCUT2D eigenvalue weighted by Gasteiger charge is 2.26. The van der Waals surface area contributed by atoms with Gasteiger partial charge in [-0.2, -0.15) is 8.78 Å². The fraction of sp³-hybridized carbons (Fsp3) is 0.250. The molecule has 0 bridgehead atoms. The fourth-order valence-electron chi connectivity index (χ4n) is 0.780. The first kappa shape index (κ1) is 9.45. The molecule has 1 aromatic carbocycles. The maximum Gasteiger partial charge on any atom is 0.326 e. The summed E-state index contributed by atoms with van der Waals surface area (Å²) in [6.07, 6.45) is 0. The average molecular weight is 237 g/mol. The molecular formula is C8H7BrF2O. The van der Waals surface area contributed by atoms with Crippen LogP contribution >= 0.6 is 15.9 Å². The molecule has 0 heterocycles. The molecule has 12 heavy (non-hydrogen) atoms. The average Bonchev–Trinajstić information content (AvgIpc) is 2.03. The SMILES string of the molecule is COc1ccc(C(F)(F)Br)cc1. The molecule has 1 rings (SSSR count). The molecule has 66 valence electrons. The van der Waals surface area contributed by atoms with Gasteiger partial charge in [0.1, 0.15) is 5.75 Å². The largest absolute Gasteiger partial charge is 0.497 e. The van der Waals surface area contributed by atoms with E-state index in [1.54, 1.807) is 0 Å². The highest BCUT2D eigenvalue weighted by Crippen LogP contribution is 2.34. The molecule has 0 atom stereocenters. The van der Waals surface area contributed by atoms with Crippen molar-refractivity contribution in [1.29, 1.82) is 0 Å². The van der Waals surface area contributed by atoms with E-state index in [1.807, 2.05) is 0 Å². The van der Waals surface area contributed by atoms with Crippen LogP contribution in [0, 0.1) is 0 Å². The van der Waals surface area contributed by atoms with E-state index in [0.29, 0.717) is 5.75 Å². The van der Waals surface area contributed by atoms with Gasteiger partial charge in [0, 0.05) is 5.56 Å². The third-order valence-electron chi connectivity index (χ3n) is 1.42. The molecule has 1 aromatic rings. The minimum atomic E-state index is -2.96. The van der Waals surface area contributed by atoms with Gasteiger partial charge in [-0.15, -0.1) is 0 Å². The molecule has 0 saturated carbocycles. The summed E-state index contributed by atoms with van der Waals surface area (Å²) in [6, 6.07) is 5.61. The number of benzene rings is 1. The molecule has 0 amide bonds. The minimum absolute atomic E-state index is 0.0803. The molecule has 0 N–H and O–H groups in total. The van der Waals surface area contributed by atoms with Crippen LogP contribution in [0.1, 0.15) is 5.56 Å². The van der Waals surface area contributed by atoms with Gasteiger partial charge in [-0.05, 0) is 40.2 Å². The van der Waals surface area contributed by atoms with E-state index in [1.165, 1.54) is 31.4 Å². The van der Waals surface area contributed by atoms with E-state index >= 15 is 0 Å². The summed E-state index contributed by atoms with van der Waals surface area (Å²) in [7, 11) is 1.49. The van der Waals surface area contributed by atoms with Crippen molar-refractivity contribution in [2.75, 3.05) is 7.11 Å². The van der Waals surface area contributed by atoms with Crippen LogP contribution in [-0.2, 0) is 4.83 Å². The van der Waals surface area contributed by atoms with Gasteiger partial charge in [0.2, 0.25) is 0 Å². The van der Waals surface area contributed by atoms with Gasteiger partial charge in [-0.1, -0.05) is 0 Å². The van der Waals surface area contributed by atoms with Crippen LogP contribution in [0.2, 0.25) is 0 Å². The predicted molar refractivity (Wildman–Crippen MR) is 45.8 cm³/mol. The first-order chi connectivity index (χ1) is 5.54. The Morgan fingerprint density at radius 2 is 1.75 bits per heavy atom. The molecule has 0 aliphatic heterocycles. The number of hydrogen-bond acceptors (Lipinski definition) is 1. The Labute approximate surface area is 77.5 Å². The Kier molecular flexibility index (Phi) is 2.67. The van der Waals surface area contributed by atoms with Crippen molar-refractivity contribution in [1.82, 2.24) is 0 Å². The lowest BCUT2D eigenvalue weighted by atomic mass is 10.2. The minimum Gasteiger partial charge on any atom is -0.497 e. The first-order valence-electron chi connectivity index (χ1n) is 3.25. The Bertz CT molecular complexity index is 253. The van der Waals surface area contributed by atoms with Crippen LogP contribution in [0.4, 0.5) is 8.78 Å². The summed E-state index contributed by atoms with van der Waals surface area (Å²) >= 11 is 2.26. The predicted octanol–water partition coefficient (Wildman–Crippen LogP) is 3.14. The van der Waals surface area contributed by atoms with Gasteiger partial charge < -0.3 is 4.74 Å². The van der Waals surface area contributed by atoms with Crippen molar-refractivity contribution < 1.29 is 13.5 Å². The molecule has 0 aliphatic rings. The van der Waals surface area contributed by atoms with Crippen LogP contribution in [0.15, 0.2) is 24.3 Å². The zero-order valence-corrected chi connectivity index (χ0v) is 7.94. The summed E-state index contributed by atoms with van der Waals surface area (Å²) in [5.41, 5.74) is -0.0803. The summed E-state index contributed by atoms with van der Waals surface area (Å²) in [5, 5.41) is 0. The molecule has 0 fully saturated rings.